The van der Waals surface area contributed by atoms with Crippen LogP contribution in [-0.2, 0) is 11.8 Å². The predicted molar refractivity (Wildman–Crippen MR) is 122 cm³/mol. The van der Waals surface area contributed by atoms with E-state index < -0.39 is 0 Å². The SMILES string of the molecule is CC(C)Cc1cc(-c2cc(C(C)(C)C)c3ccccc3c2)nc2ccccc12. The number of pyridine rings is 1. The molecule has 0 fully saturated rings. The second-order valence-corrected chi connectivity index (χ2v) is 9.28. The fraction of sp³-hybridized carbons (Fsp3) is 0.296. The van der Waals surface area contributed by atoms with Gasteiger partial charge in [-0.25, -0.2) is 4.98 Å². The van der Waals surface area contributed by atoms with Crippen molar-refractivity contribution in [2.75, 3.05) is 0 Å². The van der Waals surface area contributed by atoms with E-state index in [-0.39, 0.29) is 5.41 Å². The van der Waals surface area contributed by atoms with Crippen LogP contribution in [0.15, 0.2) is 66.7 Å². The molecule has 0 spiro atoms. The summed E-state index contributed by atoms with van der Waals surface area (Å²) in [5.74, 6) is 0.611. The molecule has 28 heavy (non-hydrogen) atoms. The van der Waals surface area contributed by atoms with Gasteiger partial charge >= 0.3 is 0 Å². The minimum atomic E-state index is 0.0766. The summed E-state index contributed by atoms with van der Waals surface area (Å²) in [6.45, 7) is 11.4. The molecule has 0 unspecified atom stereocenters. The highest BCUT2D eigenvalue weighted by Crippen LogP contribution is 2.35. The lowest BCUT2D eigenvalue weighted by atomic mass is 9.82. The van der Waals surface area contributed by atoms with Gasteiger partial charge in [-0.3, -0.25) is 0 Å². The molecule has 1 nitrogen and oxygen atoms in total. The van der Waals surface area contributed by atoms with Crippen LogP contribution in [0.1, 0.15) is 45.7 Å². The fourth-order valence-corrected chi connectivity index (χ4v) is 4.08. The summed E-state index contributed by atoms with van der Waals surface area (Å²) in [4.78, 5) is 5.04. The van der Waals surface area contributed by atoms with Crippen LogP contribution in [0, 0.1) is 5.92 Å². The Labute approximate surface area is 168 Å². The first-order chi connectivity index (χ1) is 13.3. The molecule has 4 rings (SSSR count). The van der Waals surface area contributed by atoms with E-state index in [0.717, 1.165) is 17.6 Å². The lowest BCUT2D eigenvalue weighted by molar-refractivity contribution is 0.596. The summed E-state index contributed by atoms with van der Waals surface area (Å²) in [6.07, 6.45) is 1.07. The first kappa shape index (κ1) is 18.7. The summed E-state index contributed by atoms with van der Waals surface area (Å²) >= 11 is 0. The molecule has 1 aromatic heterocycles. The molecule has 0 N–H and O–H groups in total. The molecule has 0 aliphatic heterocycles. The van der Waals surface area contributed by atoms with E-state index in [0.29, 0.717) is 5.92 Å². The number of aromatic nitrogens is 1. The third-order valence-electron chi connectivity index (χ3n) is 5.40. The molecule has 3 aromatic carbocycles. The number of rotatable bonds is 3. The summed E-state index contributed by atoms with van der Waals surface area (Å²) in [7, 11) is 0. The van der Waals surface area contributed by atoms with E-state index in [1.165, 1.54) is 32.8 Å². The molecule has 0 bridgehead atoms. The summed E-state index contributed by atoms with van der Waals surface area (Å²) in [6, 6.07) is 24.2. The van der Waals surface area contributed by atoms with Crippen LogP contribution in [0.4, 0.5) is 0 Å². The van der Waals surface area contributed by atoms with Crippen molar-refractivity contribution in [3.63, 3.8) is 0 Å². The average Bonchev–Trinajstić information content (AvgIpc) is 2.66. The van der Waals surface area contributed by atoms with Gasteiger partial charge in [0.2, 0.25) is 0 Å². The van der Waals surface area contributed by atoms with E-state index in [9.17, 15) is 0 Å². The molecule has 0 aliphatic rings. The molecular formula is C27H29N. The number of nitrogens with zero attached hydrogens (tertiary/aromatic N) is 1. The van der Waals surface area contributed by atoms with Gasteiger partial charge in [0, 0.05) is 10.9 Å². The Hall–Kier alpha value is -2.67. The zero-order chi connectivity index (χ0) is 19.9. The first-order valence-corrected chi connectivity index (χ1v) is 10.3. The predicted octanol–water partition coefficient (Wildman–Crippen LogP) is 7.55. The molecular weight excluding hydrogens is 338 g/mol. The molecule has 1 heteroatoms. The highest BCUT2D eigenvalue weighted by atomic mass is 14.7. The molecule has 1 heterocycles. The standard InChI is InChI=1S/C27H29N/c1-18(2)14-20-17-26(28-25-13-9-8-12-23(20)25)21-15-19-10-6-7-11-22(19)24(16-21)27(3,4)5/h6-13,15-18H,14H2,1-5H3. The Kier molecular flexibility index (Phi) is 4.71. The van der Waals surface area contributed by atoms with Crippen molar-refractivity contribution in [2.45, 2.75) is 46.5 Å². The van der Waals surface area contributed by atoms with E-state index in [1.807, 2.05) is 0 Å². The maximum Gasteiger partial charge on any atom is 0.0712 e. The van der Waals surface area contributed by atoms with Gasteiger partial charge in [0.25, 0.3) is 0 Å². The summed E-state index contributed by atoms with van der Waals surface area (Å²) in [5.41, 5.74) is 6.21. The first-order valence-electron chi connectivity index (χ1n) is 10.3. The monoisotopic (exact) mass is 367 g/mol. The van der Waals surface area contributed by atoms with Crippen LogP contribution in [-0.4, -0.2) is 4.98 Å². The molecule has 0 radical (unpaired) electrons. The van der Waals surface area contributed by atoms with Crippen LogP contribution >= 0.6 is 0 Å². The molecule has 0 atom stereocenters. The summed E-state index contributed by atoms with van der Waals surface area (Å²) < 4.78 is 0. The van der Waals surface area contributed by atoms with Crippen molar-refractivity contribution < 1.29 is 0 Å². The molecule has 0 amide bonds. The minimum Gasteiger partial charge on any atom is -0.248 e. The Bertz CT molecular complexity index is 1150. The highest BCUT2D eigenvalue weighted by molar-refractivity contribution is 5.92. The number of para-hydroxylation sites is 1. The Balaban J connectivity index is 1.99. The van der Waals surface area contributed by atoms with Crippen molar-refractivity contribution in [1.82, 2.24) is 4.98 Å². The summed E-state index contributed by atoms with van der Waals surface area (Å²) in [5, 5.41) is 3.89. The zero-order valence-corrected chi connectivity index (χ0v) is 17.6. The number of fused-ring (bicyclic) bond motifs is 2. The van der Waals surface area contributed by atoms with Gasteiger partial charge in [0.05, 0.1) is 11.2 Å². The Morgan fingerprint density at radius 2 is 1.50 bits per heavy atom. The zero-order valence-electron chi connectivity index (χ0n) is 17.6. The van der Waals surface area contributed by atoms with Gasteiger partial charge in [-0.1, -0.05) is 77.1 Å². The van der Waals surface area contributed by atoms with Crippen LogP contribution < -0.4 is 0 Å². The normalized spacial score (nSPS) is 12.2. The maximum atomic E-state index is 5.04. The largest absolute Gasteiger partial charge is 0.248 e. The maximum absolute atomic E-state index is 5.04. The van der Waals surface area contributed by atoms with Crippen molar-refractivity contribution in [3.8, 4) is 11.3 Å². The van der Waals surface area contributed by atoms with Crippen LogP contribution in [0.5, 0.6) is 0 Å². The van der Waals surface area contributed by atoms with Gasteiger partial charge in [-0.05, 0) is 63.9 Å². The highest BCUT2D eigenvalue weighted by Gasteiger charge is 2.19. The van der Waals surface area contributed by atoms with Gasteiger partial charge in [-0.2, -0.15) is 0 Å². The van der Waals surface area contributed by atoms with Crippen molar-refractivity contribution in [2.24, 2.45) is 5.92 Å². The molecule has 0 saturated heterocycles. The lowest BCUT2D eigenvalue weighted by Crippen LogP contribution is -2.12. The quantitative estimate of drug-likeness (QED) is 0.364. The topological polar surface area (TPSA) is 12.9 Å². The van der Waals surface area contributed by atoms with E-state index in [4.69, 9.17) is 4.98 Å². The van der Waals surface area contributed by atoms with Gasteiger partial charge < -0.3 is 0 Å². The Morgan fingerprint density at radius 1 is 0.821 bits per heavy atom. The molecule has 142 valence electrons. The fourth-order valence-electron chi connectivity index (χ4n) is 4.08. The Morgan fingerprint density at radius 3 is 2.21 bits per heavy atom. The minimum absolute atomic E-state index is 0.0766. The molecule has 4 aromatic rings. The van der Waals surface area contributed by atoms with Crippen molar-refractivity contribution in [1.29, 1.82) is 0 Å². The second kappa shape index (κ2) is 7.05. The number of benzene rings is 3. The van der Waals surface area contributed by atoms with Crippen LogP contribution in [0.2, 0.25) is 0 Å². The number of hydrogen-bond donors (Lipinski definition) is 0. The smallest absolute Gasteiger partial charge is 0.0712 e. The van der Waals surface area contributed by atoms with Crippen LogP contribution in [0.25, 0.3) is 32.9 Å². The van der Waals surface area contributed by atoms with E-state index in [2.05, 4.69) is 101 Å². The van der Waals surface area contributed by atoms with E-state index >= 15 is 0 Å². The number of hydrogen-bond acceptors (Lipinski definition) is 1. The van der Waals surface area contributed by atoms with Crippen molar-refractivity contribution >= 4 is 21.7 Å². The van der Waals surface area contributed by atoms with Gasteiger partial charge in [0.15, 0.2) is 0 Å². The average molecular weight is 368 g/mol. The van der Waals surface area contributed by atoms with Crippen molar-refractivity contribution in [3.05, 3.63) is 77.9 Å². The van der Waals surface area contributed by atoms with Gasteiger partial charge in [0.1, 0.15) is 0 Å². The van der Waals surface area contributed by atoms with Crippen LogP contribution in [0.3, 0.4) is 0 Å². The second-order valence-electron chi connectivity index (χ2n) is 9.28. The third kappa shape index (κ3) is 3.54. The van der Waals surface area contributed by atoms with E-state index in [1.54, 1.807) is 0 Å². The molecule has 0 saturated carbocycles. The third-order valence-corrected chi connectivity index (χ3v) is 5.40. The lowest BCUT2D eigenvalue weighted by Gasteiger charge is -2.23. The van der Waals surface area contributed by atoms with Gasteiger partial charge in [-0.15, -0.1) is 0 Å². The molecule has 0 aliphatic carbocycles.